The number of aromatic nitrogens is 1. The summed E-state index contributed by atoms with van der Waals surface area (Å²) in [5, 5.41) is 8.56. The van der Waals surface area contributed by atoms with Gasteiger partial charge in [0.25, 0.3) is 6.43 Å². The highest BCUT2D eigenvalue weighted by Crippen LogP contribution is 2.31. The van der Waals surface area contributed by atoms with Gasteiger partial charge in [0, 0.05) is 12.1 Å². The molecule has 80 valence electrons. The van der Waals surface area contributed by atoms with Crippen molar-refractivity contribution in [1.82, 2.24) is 4.98 Å². The Bertz CT molecular complexity index is 404. The van der Waals surface area contributed by atoms with E-state index < -0.39 is 6.43 Å². The number of rotatable bonds is 3. The van der Waals surface area contributed by atoms with E-state index in [4.69, 9.17) is 16.9 Å². The Morgan fingerprint density at radius 2 is 2.27 bits per heavy atom. The van der Waals surface area contributed by atoms with Crippen LogP contribution in [0.15, 0.2) is 10.8 Å². The van der Waals surface area contributed by atoms with E-state index in [1.54, 1.807) is 0 Å². The third-order valence-electron chi connectivity index (χ3n) is 1.89. The molecule has 0 aromatic carbocycles. The third kappa shape index (κ3) is 2.64. The molecular formula is C9H6BrClF2N2. The first-order valence-corrected chi connectivity index (χ1v) is 5.31. The summed E-state index contributed by atoms with van der Waals surface area (Å²) >= 11 is 8.52. The van der Waals surface area contributed by atoms with Crippen molar-refractivity contribution in [2.24, 2.45) is 0 Å². The third-order valence-corrected chi connectivity index (χ3v) is 2.81. The predicted molar refractivity (Wildman–Crippen MR) is 55.8 cm³/mol. The highest BCUT2D eigenvalue weighted by atomic mass is 79.9. The Morgan fingerprint density at radius 1 is 1.60 bits per heavy atom. The topological polar surface area (TPSA) is 36.7 Å². The van der Waals surface area contributed by atoms with Crippen molar-refractivity contribution >= 4 is 27.5 Å². The molecule has 0 aliphatic heterocycles. The number of hydrogen-bond acceptors (Lipinski definition) is 2. The van der Waals surface area contributed by atoms with Gasteiger partial charge in [-0.15, -0.1) is 11.6 Å². The second kappa shape index (κ2) is 5.38. The van der Waals surface area contributed by atoms with Crippen LogP contribution in [0.4, 0.5) is 8.78 Å². The Balaban J connectivity index is 3.38. The maximum absolute atomic E-state index is 12.7. The van der Waals surface area contributed by atoms with E-state index in [1.165, 1.54) is 6.20 Å². The van der Waals surface area contributed by atoms with Crippen LogP contribution in [0.1, 0.15) is 23.1 Å². The van der Waals surface area contributed by atoms with E-state index in [2.05, 4.69) is 20.9 Å². The molecule has 6 heteroatoms. The Hall–Kier alpha value is -0.730. The second-order valence-electron chi connectivity index (χ2n) is 2.74. The number of nitrogens with zero attached hydrogens (tertiary/aromatic N) is 2. The van der Waals surface area contributed by atoms with Crippen LogP contribution in [-0.4, -0.2) is 4.98 Å². The SMILES string of the molecule is N#CCc1c(CCl)cnc(Br)c1C(F)F. The minimum Gasteiger partial charge on any atom is -0.249 e. The van der Waals surface area contributed by atoms with Gasteiger partial charge in [0.15, 0.2) is 0 Å². The van der Waals surface area contributed by atoms with Gasteiger partial charge in [0.05, 0.1) is 18.1 Å². The molecule has 0 aliphatic carbocycles. The Labute approximate surface area is 99.0 Å². The zero-order valence-electron chi connectivity index (χ0n) is 7.48. The molecule has 15 heavy (non-hydrogen) atoms. The van der Waals surface area contributed by atoms with E-state index in [0.29, 0.717) is 5.56 Å². The van der Waals surface area contributed by atoms with Gasteiger partial charge in [-0.05, 0) is 27.1 Å². The van der Waals surface area contributed by atoms with Gasteiger partial charge in [-0.3, -0.25) is 0 Å². The van der Waals surface area contributed by atoms with Crippen molar-refractivity contribution in [3.63, 3.8) is 0 Å². The van der Waals surface area contributed by atoms with Gasteiger partial charge in [0.1, 0.15) is 4.60 Å². The lowest BCUT2D eigenvalue weighted by molar-refractivity contribution is 0.149. The van der Waals surface area contributed by atoms with Crippen LogP contribution in [0, 0.1) is 11.3 Å². The minimum atomic E-state index is -2.67. The van der Waals surface area contributed by atoms with E-state index in [-0.39, 0.29) is 28.0 Å². The van der Waals surface area contributed by atoms with Crippen LogP contribution in [0.25, 0.3) is 0 Å². The molecule has 0 bridgehead atoms. The van der Waals surface area contributed by atoms with E-state index in [0.717, 1.165) is 0 Å². The van der Waals surface area contributed by atoms with Gasteiger partial charge in [0.2, 0.25) is 0 Å². The van der Waals surface area contributed by atoms with Gasteiger partial charge in [-0.2, -0.15) is 5.26 Å². The van der Waals surface area contributed by atoms with Crippen LogP contribution in [0.3, 0.4) is 0 Å². The van der Waals surface area contributed by atoms with Crippen molar-refractivity contribution < 1.29 is 8.78 Å². The zero-order valence-corrected chi connectivity index (χ0v) is 9.82. The molecule has 0 spiro atoms. The predicted octanol–water partition coefficient (Wildman–Crippen LogP) is 3.59. The lowest BCUT2D eigenvalue weighted by Gasteiger charge is -2.11. The normalized spacial score (nSPS) is 10.4. The largest absolute Gasteiger partial charge is 0.266 e. The zero-order chi connectivity index (χ0) is 11.4. The number of halogens is 4. The molecule has 0 saturated carbocycles. The van der Waals surface area contributed by atoms with Gasteiger partial charge in [-0.1, -0.05) is 0 Å². The molecule has 0 amide bonds. The van der Waals surface area contributed by atoms with Crippen LogP contribution >= 0.6 is 27.5 Å². The highest BCUT2D eigenvalue weighted by Gasteiger charge is 2.20. The molecule has 0 atom stereocenters. The van der Waals surface area contributed by atoms with Gasteiger partial charge in [-0.25, -0.2) is 13.8 Å². The summed E-state index contributed by atoms with van der Waals surface area (Å²) in [6.45, 7) is 0. The summed E-state index contributed by atoms with van der Waals surface area (Å²) in [6, 6.07) is 1.84. The molecule has 0 fully saturated rings. The summed E-state index contributed by atoms with van der Waals surface area (Å²) in [5.74, 6) is 0.0665. The fraction of sp³-hybridized carbons (Fsp3) is 0.333. The maximum Gasteiger partial charge on any atom is 0.266 e. The molecule has 2 nitrogen and oxygen atoms in total. The number of nitriles is 1. The molecule has 1 heterocycles. The van der Waals surface area contributed by atoms with Crippen molar-refractivity contribution in [2.75, 3.05) is 0 Å². The first kappa shape index (κ1) is 12.3. The van der Waals surface area contributed by atoms with Gasteiger partial charge < -0.3 is 0 Å². The van der Waals surface area contributed by atoms with Crippen molar-refractivity contribution in [3.05, 3.63) is 27.5 Å². The first-order chi connectivity index (χ1) is 7.11. The van der Waals surface area contributed by atoms with Crippen molar-refractivity contribution in [3.8, 4) is 6.07 Å². The molecule has 0 unspecified atom stereocenters. The Morgan fingerprint density at radius 3 is 2.73 bits per heavy atom. The van der Waals surface area contributed by atoms with Crippen LogP contribution < -0.4 is 0 Å². The minimum absolute atomic E-state index is 0.0663. The first-order valence-electron chi connectivity index (χ1n) is 3.99. The van der Waals surface area contributed by atoms with Crippen molar-refractivity contribution in [2.45, 2.75) is 18.7 Å². The quantitative estimate of drug-likeness (QED) is 0.631. The fourth-order valence-electron chi connectivity index (χ4n) is 1.20. The smallest absolute Gasteiger partial charge is 0.249 e. The second-order valence-corrected chi connectivity index (χ2v) is 3.75. The standard InChI is InChI=1S/C9H6BrClF2N2/c10-8-7(9(12)13)6(1-2-14)5(3-11)4-15-8/h4,9H,1,3H2. The molecule has 1 rings (SSSR count). The number of alkyl halides is 3. The summed E-state index contributed by atoms with van der Waals surface area (Å²) in [5.41, 5.74) is 0.496. The van der Waals surface area contributed by atoms with Crippen LogP contribution in [-0.2, 0) is 12.3 Å². The lowest BCUT2D eigenvalue weighted by atomic mass is 10.0. The van der Waals surface area contributed by atoms with Gasteiger partial charge >= 0.3 is 0 Å². The van der Waals surface area contributed by atoms with E-state index >= 15 is 0 Å². The number of hydrogen-bond donors (Lipinski definition) is 0. The van der Waals surface area contributed by atoms with E-state index in [1.807, 2.05) is 6.07 Å². The molecule has 0 radical (unpaired) electrons. The summed E-state index contributed by atoms with van der Waals surface area (Å²) < 4.78 is 25.5. The van der Waals surface area contributed by atoms with Crippen LogP contribution in [0.5, 0.6) is 0 Å². The summed E-state index contributed by atoms with van der Waals surface area (Å²) in [4.78, 5) is 3.76. The fourth-order valence-corrected chi connectivity index (χ4v) is 1.95. The molecular weight excluding hydrogens is 289 g/mol. The molecule has 0 N–H and O–H groups in total. The molecule has 0 saturated heterocycles. The lowest BCUT2D eigenvalue weighted by Crippen LogP contribution is -2.02. The number of pyridine rings is 1. The average Bonchev–Trinajstić information content (AvgIpc) is 2.18. The summed E-state index contributed by atoms with van der Waals surface area (Å²) in [6.07, 6.45) is -1.36. The Kier molecular flexibility index (Phi) is 4.43. The monoisotopic (exact) mass is 294 g/mol. The average molecular weight is 296 g/mol. The highest BCUT2D eigenvalue weighted by molar-refractivity contribution is 9.10. The molecule has 1 aromatic rings. The molecule has 1 aromatic heterocycles. The van der Waals surface area contributed by atoms with Crippen molar-refractivity contribution in [1.29, 1.82) is 5.26 Å². The summed E-state index contributed by atoms with van der Waals surface area (Å²) in [7, 11) is 0. The van der Waals surface area contributed by atoms with Crippen LogP contribution in [0.2, 0.25) is 0 Å². The maximum atomic E-state index is 12.7. The van der Waals surface area contributed by atoms with E-state index in [9.17, 15) is 8.78 Å². The molecule has 0 aliphatic rings.